The SMILES string of the molecule is CN[C@@H](C)C(=O)N[C@H]1CCS[C@H]2CC(C)(C)[C@@H](C(=O)N[C@H]3c4ccccc4C[C@H]3OCCCOCCCO[C@@H]3Cc4ccccc4[C@@H]3NC(C)=O)N2C1=O. The Kier molecular flexibility index (Phi) is 13.4. The number of ether oxygens (including phenoxy) is 3. The number of amides is 4. The van der Waals surface area contributed by atoms with E-state index in [1.54, 1.807) is 30.6 Å². The van der Waals surface area contributed by atoms with Crippen molar-refractivity contribution in [1.82, 2.24) is 26.2 Å². The molecule has 2 heterocycles. The van der Waals surface area contributed by atoms with Crippen LogP contribution in [0.5, 0.6) is 0 Å². The minimum absolute atomic E-state index is 0.0675. The number of hydrogen-bond acceptors (Lipinski definition) is 9. The number of rotatable bonds is 16. The molecule has 12 nitrogen and oxygen atoms in total. The highest BCUT2D eigenvalue weighted by Crippen LogP contribution is 2.47. The van der Waals surface area contributed by atoms with Crippen molar-refractivity contribution in [1.29, 1.82) is 0 Å². The topological polar surface area (TPSA) is 147 Å². The molecule has 2 aromatic carbocycles. The number of hydrogen-bond donors (Lipinski definition) is 4. The van der Waals surface area contributed by atoms with E-state index in [-0.39, 0.29) is 53.3 Å². The fraction of sp³-hybridized carbons (Fsp3) is 0.610. The van der Waals surface area contributed by atoms with E-state index in [4.69, 9.17) is 14.2 Å². The summed E-state index contributed by atoms with van der Waals surface area (Å²) in [7, 11) is 1.71. The molecule has 0 saturated carbocycles. The predicted octanol–water partition coefficient (Wildman–Crippen LogP) is 3.58. The molecule has 0 radical (unpaired) electrons. The number of thioether (sulfide) groups is 1. The number of benzene rings is 2. The first-order chi connectivity index (χ1) is 26.0. The van der Waals surface area contributed by atoms with E-state index in [0.717, 1.165) is 35.3 Å². The molecule has 13 heteroatoms. The fourth-order valence-electron chi connectivity index (χ4n) is 8.39. The quantitative estimate of drug-likeness (QED) is 0.189. The molecule has 2 aliphatic heterocycles. The van der Waals surface area contributed by atoms with Crippen LogP contribution in [0.2, 0.25) is 0 Å². The monoisotopic (exact) mass is 763 g/mol. The molecule has 0 aromatic heterocycles. The van der Waals surface area contributed by atoms with Crippen LogP contribution in [0.1, 0.15) is 87.7 Å². The summed E-state index contributed by atoms with van der Waals surface area (Å²) in [5, 5.41) is 12.1. The summed E-state index contributed by atoms with van der Waals surface area (Å²) in [6.45, 7) is 9.51. The third kappa shape index (κ3) is 9.13. The number of likely N-dealkylation sites (N-methyl/N-ethyl adjacent to an activating group) is 1. The Morgan fingerprint density at radius 1 is 0.870 bits per heavy atom. The van der Waals surface area contributed by atoms with Gasteiger partial charge in [-0.3, -0.25) is 19.2 Å². The van der Waals surface area contributed by atoms with Gasteiger partial charge in [-0.15, -0.1) is 11.8 Å². The Morgan fingerprint density at radius 3 is 2.02 bits per heavy atom. The number of nitrogens with zero attached hydrogens (tertiary/aromatic N) is 1. The highest BCUT2D eigenvalue weighted by Gasteiger charge is 2.55. The molecule has 4 amide bonds. The van der Waals surface area contributed by atoms with Crippen LogP contribution in [-0.4, -0.2) is 103 Å². The second kappa shape index (κ2) is 18.0. The maximum Gasteiger partial charge on any atom is 0.246 e. The van der Waals surface area contributed by atoms with E-state index in [1.165, 1.54) is 12.5 Å². The lowest BCUT2D eigenvalue weighted by Gasteiger charge is -2.35. The van der Waals surface area contributed by atoms with Crippen molar-refractivity contribution < 1.29 is 33.4 Å². The van der Waals surface area contributed by atoms with Gasteiger partial charge in [-0.1, -0.05) is 62.4 Å². The van der Waals surface area contributed by atoms with Crippen molar-refractivity contribution in [3.8, 4) is 0 Å². The van der Waals surface area contributed by atoms with Crippen molar-refractivity contribution in [3.63, 3.8) is 0 Å². The summed E-state index contributed by atoms with van der Waals surface area (Å²) < 4.78 is 18.5. The van der Waals surface area contributed by atoms with Gasteiger partial charge in [0.05, 0.1) is 35.7 Å². The molecule has 294 valence electrons. The number of carbonyl (C=O) groups is 4. The van der Waals surface area contributed by atoms with Gasteiger partial charge >= 0.3 is 0 Å². The van der Waals surface area contributed by atoms with Crippen molar-refractivity contribution in [2.24, 2.45) is 5.41 Å². The Balaban J connectivity index is 0.988. The molecule has 6 rings (SSSR count). The number of nitrogens with one attached hydrogen (secondary N) is 4. The minimum atomic E-state index is -0.687. The third-order valence-corrected chi connectivity index (χ3v) is 12.5. The van der Waals surface area contributed by atoms with E-state index >= 15 is 0 Å². The van der Waals surface area contributed by atoms with Crippen molar-refractivity contribution in [2.45, 2.75) is 114 Å². The van der Waals surface area contributed by atoms with E-state index in [0.29, 0.717) is 52.1 Å². The standard InChI is InChI=1S/C41H57N5O7S/c1-25(42-5)38(48)44-31-16-21-54-34-24-41(3,4)37(46(34)40(31)50)39(49)45-36-30-15-9-7-13-28(30)23-33(36)53-20-11-18-51-17-10-19-52-32-22-27-12-6-8-14-29(27)35(32)43-26(2)47/h6-9,12-15,25,31-37,42H,10-11,16-24H2,1-5H3,(H,43,47)(H,44,48)(H,45,49)/t25-,31-,32+,33+,34-,35-,36-,37+/m0/s1. The van der Waals surface area contributed by atoms with Crippen LogP contribution >= 0.6 is 11.8 Å². The lowest BCUT2D eigenvalue weighted by atomic mass is 9.83. The Morgan fingerprint density at radius 2 is 1.44 bits per heavy atom. The molecule has 4 N–H and O–H groups in total. The third-order valence-electron chi connectivity index (χ3n) is 11.2. The maximum atomic E-state index is 14.4. The molecular formula is C41H57N5O7S. The van der Waals surface area contributed by atoms with Crippen LogP contribution in [-0.2, 0) is 46.2 Å². The second-order valence-corrected chi connectivity index (χ2v) is 16.9. The van der Waals surface area contributed by atoms with E-state index in [9.17, 15) is 19.2 Å². The summed E-state index contributed by atoms with van der Waals surface area (Å²) in [5.41, 5.74) is 4.05. The molecule has 0 unspecified atom stereocenters. The van der Waals surface area contributed by atoms with Crippen LogP contribution in [0.4, 0.5) is 0 Å². The molecule has 2 fully saturated rings. The maximum absolute atomic E-state index is 14.4. The molecular weight excluding hydrogens is 707 g/mol. The van der Waals surface area contributed by atoms with Crippen molar-refractivity contribution in [2.75, 3.05) is 39.2 Å². The molecule has 4 aliphatic rings. The predicted molar refractivity (Wildman–Crippen MR) is 208 cm³/mol. The van der Waals surface area contributed by atoms with Crippen molar-refractivity contribution >= 4 is 35.4 Å². The van der Waals surface area contributed by atoms with Gasteiger partial charge in [-0.25, -0.2) is 0 Å². The van der Waals surface area contributed by atoms with Crippen LogP contribution < -0.4 is 21.3 Å². The van der Waals surface area contributed by atoms with Gasteiger partial charge in [0.1, 0.15) is 12.1 Å². The van der Waals surface area contributed by atoms with Gasteiger partial charge < -0.3 is 40.4 Å². The molecule has 54 heavy (non-hydrogen) atoms. The van der Waals surface area contributed by atoms with Gasteiger partial charge in [0.15, 0.2) is 0 Å². The lowest BCUT2D eigenvalue weighted by Crippen LogP contribution is -2.58. The van der Waals surface area contributed by atoms with Gasteiger partial charge in [0, 0.05) is 46.2 Å². The molecule has 0 spiro atoms. The van der Waals surface area contributed by atoms with E-state index in [2.05, 4.69) is 53.3 Å². The van der Waals surface area contributed by atoms with Gasteiger partial charge in [0.2, 0.25) is 23.6 Å². The smallest absolute Gasteiger partial charge is 0.246 e. The highest BCUT2D eigenvalue weighted by molar-refractivity contribution is 7.99. The largest absolute Gasteiger partial charge is 0.381 e. The van der Waals surface area contributed by atoms with E-state index in [1.807, 2.05) is 30.3 Å². The van der Waals surface area contributed by atoms with Crippen LogP contribution in [0, 0.1) is 5.41 Å². The minimum Gasteiger partial charge on any atom is -0.381 e. The molecule has 2 aromatic rings. The Labute approximate surface area is 323 Å². The van der Waals surface area contributed by atoms with Gasteiger partial charge in [-0.05, 0) is 73.1 Å². The Bertz CT molecular complexity index is 1660. The normalized spacial score (nSPS) is 27.4. The average molecular weight is 764 g/mol. The molecule has 2 aliphatic carbocycles. The number of carbonyl (C=O) groups excluding carboxylic acids is 4. The molecule has 0 bridgehead atoms. The Hall–Kier alpha value is -3.49. The molecule has 2 saturated heterocycles. The summed E-state index contributed by atoms with van der Waals surface area (Å²) >= 11 is 1.69. The lowest BCUT2D eigenvalue weighted by molar-refractivity contribution is -0.144. The zero-order valence-corrected chi connectivity index (χ0v) is 33.0. The average Bonchev–Trinajstić information content (AvgIpc) is 3.73. The summed E-state index contributed by atoms with van der Waals surface area (Å²) in [6.07, 6.45) is 3.76. The van der Waals surface area contributed by atoms with Gasteiger partial charge in [0.25, 0.3) is 0 Å². The summed E-state index contributed by atoms with van der Waals surface area (Å²) in [4.78, 5) is 54.7. The van der Waals surface area contributed by atoms with E-state index < -0.39 is 23.5 Å². The first kappa shape index (κ1) is 40.2. The zero-order chi connectivity index (χ0) is 38.4. The summed E-state index contributed by atoms with van der Waals surface area (Å²) in [5.74, 6) is 0.0247. The van der Waals surface area contributed by atoms with Crippen LogP contribution in [0.25, 0.3) is 0 Å². The first-order valence-corrected chi connectivity index (χ1v) is 20.5. The first-order valence-electron chi connectivity index (χ1n) is 19.4. The van der Waals surface area contributed by atoms with Crippen LogP contribution in [0.3, 0.4) is 0 Å². The summed E-state index contributed by atoms with van der Waals surface area (Å²) in [6, 6.07) is 14.0. The second-order valence-electron chi connectivity index (χ2n) is 15.6. The van der Waals surface area contributed by atoms with Crippen LogP contribution in [0.15, 0.2) is 48.5 Å². The number of fused-ring (bicyclic) bond motifs is 3. The highest BCUT2D eigenvalue weighted by atomic mass is 32.2. The zero-order valence-electron chi connectivity index (χ0n) is 32.2. The van der Waals surface area contributed by atoms with Crippen molar-refractivity contribution in [3.05, 3.63) is 70.8 Å². The van der Waals surface area contributed by atoms with Gasteiger partial charge in [-0.2, -0.15) is 0 Å². The molecule has 8 atom stereocenters. The fourth-order valence-corrected chi connectivity index (χ4v) is 9.97.